The molecule has 10 heteroatoms. The number of carbonyl (C=O) groups is 2. The predicted octanol–water partition coefficient (Wildman–Crippen LogP) is 2.87. The highest BCUT2D eigenvalue weighted by atomic mass is 19.4. The van der Waals surface area contributed by atoms with Crippen molar-refractivity contribution in [2.24, 2.45) is 0 Å². The molecule has 2 aromatic carbocycles. The van der Waals surface area contributed by atoms with E-state index >= 15 is 0 Å². The number of fused-ring (bicyclic) bond motifs is 1. The molecule has 0 spiro atoms. The number of halogens is 3. The fourth-order valence-electron chi connectivity index (χ4n) is 3.37. The van der Waals surface area contributed by atoms with Gasteiger partial charge in [0.1, 0.15) is 0 Å². The number of alkyl halides is 3. The Kier molecular flexibility index (Phi) is 5.06. The van der Waals surface area contributed by atoms with E-state index in [2.05, 4.69) is 15.3 Å². The molecule has 0 saturated carbocycles. The van der Waals surface area contributed by atoms with Gasteiger partial charge in [-0.1, -0.05) is 0 Å². The zero-order valence-corrected chi connectivity index (χ0v) is 15.7. The number of hydrogen-bond acceptors (Lipinski definition) is 4. The second-order valence-corrected chi connectivity index (χ2v) is 6.91. The molecule has 2 heterocycles. The van der Waals surface area contributed by atoms with Gasteiger partial charge in [-0.25, -0.2) is 4.98 Å². The Morgan fingerprint density at radius 3 is 2.37 bits per heavy atom. The molecule has 30 heavy (non-hydrogen) atoms. The number of amides is 2. The summed E-state index contributed by atoms with van der Waals surface area (Å²) >= 11 is 0. The monoisotopic (exact) mass is 417 g/mol. The Hall–Kier alpha value is -3.56. The minimum atomic E-state index is -4.38. The summed E-state index contributed by atoms with van der Waals surface area (Å²) in [6.45, 7) is 1.44. The number of benzene rings is 2. The smallest absolute Gasteiger partial charge is 0.368 e. The largest absolute Gasteiger partial charge is 0.416 e. The molecule has 1 aromatic heterocycles. The quantitative estimate of drug-likeness (QED) is 0.629. The van der Waals surface area contributed by atoms with Gasteiger partial charge < -0.3 is 20.1 Å². The van der Waals surface area contributed by atoms with E-state index in [9.17, 15) is 22.8 Å². The first-order chi connectivity index (χ1) is 14.3. The average molecular weight is 417 g/mol. The molecule has 0 atom stereocenters. The van der Waals surface area contributed by atoms with Gasteiger partial charge in [-0.2, -0.15) is 13.2 Å². The van der Waals surface area contributed by atoms with Crippen LogP contribution in [0.25, 0.3) is 11.0 Å². The van der Waals surface area contributed by atoms with Crippen molar-refractivity contribution in [3.05, 3.63) is 54.4 Å². The normalized spacial score (nSPS) is 14.8. The summed E-state index contributed by atoms with van der Waals surface area (Å²) in [4.78, 5) is 35.1. The van der Waals surface area contributed by atoms with Gasteiger partial charge in [-0.3, -0.25) is 9.59 Å². The summed E-state index contributed by atoms with van der Waals surface area (Å²) in [5, 5.41) is 2.59. The van der Waals surface area contributed by atoms with E-state index in [-0.39, 0.29) is 0 Å². The zero-order valence-electron chi connectivity index (χ0n) is 15.7. The second-order valence-electron chi connectivity index (χ2n) is 6.91. The van der Waals surface area contributed by atoms with Crippen LogP contribution in [0.1, 0.15) is 5.56 Å². The first kappa shape index (κ1) is 19.7. The first-order valence-electron chi connectivity index (χ1n) is 9.27. The van der Waals surface area contributed by atoms with Crippen LogP contribution in [0.2, 0.25) is 0 Å². The van der Waals surface area contributed by atoms with Crippen molar-refractivity contribution in [1.29, 1.82) is 0 Å². The molecule has 4 rings (SSSR count). The van der Waals surface area contributed by atoms with Crippen LogP contribution < -0.4 is 10.2 Å². The molecule has 1 saturated heterocycles. The number of carbonyl (C=O) groups excluding carboxylic acids is 2. The topological polar surface area (TPSA) is 81.3 Å². The highest BCUT2D eigenvalue weighted by molar-refractivity contribution is 6.39. The fraction of sp³-hybridized carbons (Fsp3) is 0.250. The van der Waals surface area contributed by atoms with E-state index in [1.165, 1.54) is 23.4 Å². The summed E-state index contributed by atoms with van der Waals surface area (Å²) < 4.78 is 38.1. The molecule has 1 fully saturated rings. The number of aromatic nitrogens is 2. The zero-order chi connectivity index (χ0) is 21.3. The van der Waals surface area contributed by atoms with Crippen LogP contribution in [0, 0.1) is 0 Å². The molecule has 2 N–H and O–H groups in total. The van der Waals surface area contributed by atoms with E-state index in [1.807, 2.05) is 4.90 Å². The lowest BCUT2D eigenvalue weighted by molar-refractivity contribution is -0.143. The van der Waals surface area contributed by atoms with Crippen LogP contribution in [0.3, 0.4) is 0 Å². The van der Waals surface area contributed by atoms with Crippen LogP contribution >= 0.6 is 0 Å². The van der Waals surface area contributed by atoms with Gasteiger partial charge >= 0.3 is 18.0 Å². The third kappa shape index (κ3) is 4.07. The Morgan fingerprint density at radius 2 is 1.70 bits per heavy atom. The number of rotatable bonds is 2. The minimum absolute atomic E-state index is 0.298. The molecule has 0 radical (unpaired) electrons. The molecular formula is C20H18F3N5O2. The molecule has 1 aliphatic rings. The Bertz CT molecular complexity index is 1070. The SMILES string of the molecule is O=C(Nc1ccc2nc[nH]c2c1)C(=O)N1CCN(c2ccc(C(F)(F)F)cc2)CC1. The highest BCUT2D eigenvalue weighted by Gasteiger charge is 2.31. The maximum atomic E-state index is 12.7. The van der Waals surface area contributed by atoms with Crippen LogP contribution in [-0.2, 0) is 15.8 Å². The molecule has 156 valence electrons. The number of imidazole rings is 1. The lowest BCUT2D eigenvalue weighted by atomic mass is 10.1. The highest BCUT2D eigenvalue weighted by Crippen LogP contribution is 2.30. The lowest BCUT2D eigenvalue weighted by Crippen LogP contribution is -2.51. The van der Waals surface area contributed by atoms with Crippen LogP contribution in [0.15, 0.2) is 48.8 Å². The van der Waals surface area contributed by atoms with Crippen LogP contribution in [-0.4, -0.2) is 52.9 Å². The van der Waals surface area contributed by atoms with Crippen molar-refractivity contribution in [3.8, 4) is 0 Å². The van der Waals surface area contributed by atoms with Gasteiger partial charge in [0.25, 0.3) is 0 Å². The number of nitrogens with zero attached hydrogens (tertiary/aromatic N) is 3. The molecule has 0 aliphatic carbocycles. The van der Waals surface area contributed by atoms with Crippen molar-refractivity contribution in [3.63, 3.8) is 0 Å². The van der Waals surface area contributed by atoms with Crippen LogP contribution in [0.4, 0.5) is 24.5 Å². The summed E-state index contributed by atoms with van der Waals surface area (Å²) in [5.74, 6) is -1.39. The Labute approximate surface area is 169 Å². The second kappa shape index (κ2) is 7.69. The number of H-pyrrole nitrogens is 1. The Morgan fingerprint density at radius 1 is 1.00 bits per heavy atom. The van der Waals surface area contributed by atoms with Gasteiger partial charge in [0.05, 0.1) is 22.9 Å². The lowest BCUT2D eigenvalue weighted by Gasteiger charge is -2.35. The van der Waals surface area contributed by atoms with Crippen molar-refractivity contribution in [1.82, 2.24) is 14.9 Å². The number of nitrogens with one attached hydrogen (secondary N) is 2. The number of aromatic amines is 1. The molecule has 3 aromatic rings. The van der Waals surface area contributed by atoms with E-state index in [0.717, 1.165) is 23.2 Å². The van der Waals surface area contributed by atoms with E-state index in [0.29, 0.717) is 37.6 Å². The van der Waals surface area contributed by atoms with Gasteiger partial charge in [0.2, 0.25) is 0 Å². The summed E-state index contributed by atoms with van der Waals surface area (Å²) in [6, 6.07) is 9.99. The van der Waals surface area contributed by atoms with E-state index in [1.54, 1.807) is 18.2 Å². The molecule has 7 nitrogen and oxygen atoms in total. The van der Waals surface area contributed by atoms with Gasteiger partial charge in [0.15, 0.2) is 0 Å². The molecular weight excluding hydrogens is 399 g/mol. The van der Waals surface area contributed by atoms with E-state index in [4.69, 9.17) is 0 Å². The maximum absolute atomic E-state index is 12.7. The number of anilines is 2. The number of piperazine rings is 1. The molecule has 1 aliphatic heterocycles. The summed E-state index contributed by atoms with van der Waals surface area (Å²) in [6.07, 6.45) is -2.84. The third-order valence-electron chi connectivity index (χ3n) is 5.00. The maximum Gasteiger partial charge on any atom is 0.416 e. The summed E-state index contributed by atoms with van der Waals surface area (Å²) in [7, 11) is 0. The first-order valence-corrected chi connectivity index (χ1v) is 9.27. The van der Waals surface area contributed by atoms with Gasteiger partial charge in [0, 0.05) is 37.6 Å². The van der Waals surface area contributed by atoms with Crippen molar-refractivity contribution >= 4 is 34.2 Å². The van der Waals surface area contributed by atoms with Crippen molar-refractivity contribution in [2.45, 2.75) is 6.18 Å². The minimum Gasteiger partial charge on any atom is -0.368 e. The molecule has 0 bridgehead atoms. The summed E-state index contributed by atoms with van der Waals surface area (Å²) in [5.41, 5.74) is 1.91. The third-order valence-corrected chi connectivity index (χ3v) is 5.00. The standard InChI is InChI=1S/C20H18F3N5O2/c21-20(22,23)13-1-4-15(5-2-13)27-7-9-28(10-8-27)19(30)18(29)26-14-3-6-16-17(11-14)25-12-24-16/h1-6,11-12H,7-10H2,(H,24,25)(H,26,29). The van der Waals surface area contributed by atoms with Gasteiger partial charge in [-0.05, 0) is 42.5 Å². The molecule has 0 unspecified atom stereocenters. The predicted molar refractivity (Wildman–Crippen MR) is 105 cm³/mol. The molecule has 2 amide bonds. The number of hydrogen-bond donors (Lipinski definition) is 2. The average Bonchev–Trinajstić information content (AvgIpc) is 3.21. The van der Waals surface area contributed by atoms with Crippen LogP contribution in [0.5, 0.6) is 0 Å². The fourth-order valence-corrected chi connectivity index (χ4v) is 3.37. The van der Waals surface area contributed by atoms with Gasteiger partial charge in [-0.15, -0.1) is 0 Å². The Balaban J connectivity index is 1.33. The van der Waals surface area contributed by atoms with E-state index < -0.39 is 23.6 Å². The van der Waals surface area contributed by atoms with Crippen molar-refractivity contribution in [2.75, 3.05) is 36.4 Å². The van der Waals surface area contributed by atoms with Crippen molar-refractivity contribution < 1.29 is 22.8 Å².